The molecule has 0 radical (unpaired) electrons. The summed E-state index contributed by atoms with van der Waals surface area (Å²) in [6.45, 7) is 6.50. The molecule has 1 fully saturated rings. The number of hydrogen-bond donors (Lipinski definition) is 2. The standard InChI is InChI=1S/C14H19N3OS/c1-14(2)8-17(3-4-19-14)12-7-11-9(5-10(12)15)6-13(18)16-11/h5,7H,3-4,6,8,15H2,1-2H3,(H,16,18). The summed E-state index contributed by atoms with van der Waals surface area (Å²) in [5.41, 5.74) is 9.93. The Bertz CT molecular complexity index is 542. The van der Waals surface area contributed by atoms with Crippen LogP contribution < -0.4 is 16.0 Å². The average molecular weight is 277 g/mol. The first kappa shape index (κ1) is 12.7. The Morgan fingerprint density at radius 2 is 2.21 bits per heavy atom. The molecule has 0 aliphatic carbocycles. The van der Waals surface area contributed by atoms with E-state index in [9.17, 15) is 4.79 Å². The Morgan fingerprint density at radius 1 is 1.42 bits per heavy atom. The van der Waals surface area contributed by atoms with Gasteiger partial charge in [0, 0.05) is 29.3 Å². The van der Waals surface area contributed by atoms with Gasteiger partial charge < -0.3 is 16.0 Å². The zero-order chi connectivity index (χ0) is 13.6. The zero-order valence-corrected chi connectivity index (χ0v) is 12.1. The molecule has 4 nitrogen and oxygen atoms in total. The fourth-order valence-electron chi connectivity index (χ4n) is 2.78. The molecule has 0 aromatic heterocycles. The predicted molar refractivity (Wildman–Crippen MR) is 81.9 cm³/mol. The van der Waals surface area contributed by atoms with Crippen LogP contribution in [0.3, 0.4) is 0 Å². The number of amides is 1. The number of rotatable bonds is 1. The quantitative estimate of drug-likeness (QED) is 0.772. The zero-order valence-electron chi connectivity index (χ0n) is 11.3. The van der Waals surface area contributed by atoms with Crippen LogP contribution in [0.4, 0.5) is 17.1 Å². The molecule has 2 aliphatic rings. The van der Waals surface area contributed by atoms with E-state index in [0.717, 1.165) is 41.5 Å². The van der Waals surface area contributed by atoms with Crippen molar-refractivity contribution in [3.05, 3.63) is 17.7 Å². The maximum atomic E-state index is 11.4. The molecule has 0 unspecified atom stereocenters. The van der Waals surface area contributed by atoms with Crippen LogP contribution in [0.25, 0.3) is 0 Å². The van der Waals surface area contributed by atoms with Gasteiger partial charge in [-0.15, -0.1) is 0 Å². The summed E-state index contributed by atoms with van der Waals surface area (Å²) >= 11 is 2.00. The monoisotopic (exact) mass is 277 g/mol. The largest absolute Gasteiger partial charge is 0.397 e. The summed E-state index contributed by atoms with van der Waals surface area (Å²) in [4.78, 5) is 13.8. The van der Waals surface area contributed by atoms with Crippen molar-refractivity contribution in [3.63, 3.8) is 0 Å². The van der Waals surface area contributed by atoms with E-state index in [1.54, 1.807) is 0 Å². The van der Waals surface area contributed by atoms with Gasteiger partial charge in [0.2, 0.25) is 5.91 Å². The Balaban J connectivity index is 1.93. The van der Waals surface area contributed by atoms with E-state index < -0.39 is 0 Å². The van der Waals surface area contributed by atoms with Crippen molar-refractivity contribution in [2.24, 2.45) is 0 Å². The van der Waals surface area contributed by atoms with Gasteiger partial charge in [-0.05, 0) is 31.5 Å². The van der Waals surface area contributed by atoms with Crippen LogP contribution in [0.2, 0.25) is 0 Å². The maximum Gasteiger partial charge on any atom is 0.228 e. The highest BCUT2D eigenvalue weighted by molar-refractivity contribution is 8.00. The number of hydrogen-bond acceptors (Lipinski definition) is 4. The molecule has 0 saturated carbocycles. The van der Waals surface area contributed by atoms with Crippen LogP contribution in [0.15, 0.2) is 12.1 Å². The van der Waals surface area contributed by atoms with Crippen LogP contribution in [-0.2, 0) is 11.2 Å². The highest BCUT2D eigenvalue weighted by Gasteiger charge is 2.29. The predicted octanol–water partition coefficient (Wildman–Crippen LogP) is 2.10. The lowest BCUT2D eigenvalue weighted by Crippen LogP contribution is -2.43. The van der Waals surface area contributed by atoms with Crippen LogP contribution in [0.1, 0.15) is 19.4 Å². The molecule has 1 aromatic rings. The Hall–Kier alpha value is -1.36. The van der Waals surface area contributed by atoms with Crippen molar-refractivity contribution in [2.75, 3.05) is 34.8 Å². The van der Waals surface area contributed by atoms with E-state index in [0.29, 0.717) is 6.42 Å². The molecular formula is C14H19N3OS. The smallest absolute Gasteiger partial charge is 0.228 e. The third-order valence-electron chi connectivity index (χ3n) is 3.64. The highest BCUT2D eigenvalue weighted by atomic mass is 32.2. The summed E-state index contributed by atoms with van der Waals surface area (Å²) < 4.78 is 0.243. The fourth-order valence-corrected chi connectivity index (χ4v) is 3.89. The molecule has 2 heterocycles. The molecule has 1 aromatic carbocycles. The highest BCUT2D eigenvalue weighted by Crippen LogP contribution is 2.38. The third-order valence-corrected chi connectivity index (χ3v) is 4.94. The molecule has 5 heteroatoms. The minimum absolute atomic E-state index is 0.0566. The first-order valence-corrected chi connectivity index (χ1v) is 7.54. The molecule has 1 saturated heterocycles. The van der Waals surface area contributed by atoms with Crippen molar-refractivity contribution >= 4 is 34.7 Å². The molecule has 0 spiro atoms. The number of nitrogens with one attached hydrogen (secondary N) is 1. The first-order chi connectivity index (χ1) is 8.94. The summed E-state index contributed by atoms with van der Waals surface area (Å²) in [7, 11) is 0. The van der Waals surface area contributed by atoms with Crippen molar-refractivity contribution in [1.29, 1.82) is 0 Å². The topological polar surface area (TPSA) is 58.4 Å². The van der Waals surface area contributed by atoms with E-state index in [1.807, 2.05) is 23.9 Å². The molecule has 0 atom stereocenters. The van der Waals surface area contributed by atoms with Gasteiger partial charge >= 0.3 is 0 Å². The molecule has 1 amide bonds. The van der Waals surface area contributed by atoms with Gasteiger partial charge in [-0.3, -0.25) is 4.79 Å². The number of benzene rings is 1. The van der Waals surface area contributed by atoms with E-state index >= 15 is 0 Å². The number of nitrogen functional groups attached to an aromatic ring is 1. The van der Waals surface area contributed by atoms with Gasteiger partial charge in [0.05, 0.1) is 17.8 Å². The number of nitrogens with two attached hydrogens (primary N) is 1. The van der Waals surface area contributed by atoms with Gasteiger partial charge in [-0.1, -0.05) is 0 Å². The number of carbonyl (C=O) groups excluding carboxylic acids is 1. The Labute approximate surface area is 117 Å². The number of anilines is 3. The number of thioether (sulfide) groups is 1. The normalized spacial score (nSPS) is 21.2. The Morgan fingerprint density at radius 3 is 2.95 bits per heavy atom. The molecule has 3 rings (SSSR count). The number of carbonyl (C=O) groups is 1. The molecular weight excluding hydrogens is 258 g/mol. The van der Waals surface area contributed by atoms with Crippen molar-refractivity contribution in [1.82, 2.24) is 0 Å². The lowest BCUT2D eigenvalue weighted by Gasteiger charge is -2.39. The molecule has 3 N–H and O–H groups in total. The SMILES string of the molecule is CC1(C)CN(c2cc3c(cc2N)CC(=O)N3)CCS1. The minimum atomic E-state index is 0.0566. The second kappa shape index (κ2) is 4.34. The third kappa shape index (κ3) is 2.39. The van der Waals surface area contributed by atoms with Crippen LogP contribution in [0, 0.1) is 0 Å². The van der Waals surface area contributed by atoms with Crippen LogP contribution in [0.5, 0.6) is 0 Å². The summed E-state index contributed by atoms with van der Waals surface area (Å²) in [6.07, 6.45) is 0.446. The minimum Gasteiger partial charge on any atom is -0.397 e. The van der Waals surface area contributed by atoms with Gasteiger partial charge in [0.15, 0.2) is 0 Å². The summed E-state index contributed by atoms with van der Waals surface area (Å²) in [5.74, 6) is 1.16. The second-order valence-corrected chi connectivity index (χ2v) is 7.62. The van der Waals surface area contributed by atoms with E-state index in [2.05, 4.69) is 24.1 Å². The Kier molecular flexibility index (Phi) is 2.89. The van der Waals surface area contributed by atoms with E-state index in [-0.39, 0.29) is 10.7 Å². The van der Waals surface area contributed by atoms with Crippen LogP contribution >= 0.6 is 11.8 Å². The lowest BCUT2D eigenvalue weighted by atomic mass is 10.1. The van der Waals surface area contributed by atoms with Gasteiger partial charge in [0.1, 0.15) is 0 Å². The molecule has 2 aliphatic heterocycles. The molecule has 0 bridgehead atoms. The van der Waals surface area contributed by atoms with Gasteiger partial charge in [0.25, 0.3) is 0 Å². The van der Waals surface area contributed by atoms with E-state index in [4.69, 9.17) is 5.73 Å². The average Bonchev–Trinajstić information content (AvgIpc) is 2.65. The van der Waals surface area contributed by atoms with Crippen LogP contribution in [-0.4, -0.2) is 29.5 Å². The molecule has 19 heavy (non-hydrogen) atoms. The summed E-state index contributed by atoms with van der Waals surface area (Å²) in [5, 5.41) is 2.90. The van der Waals surface area contributed by atoms with E-state index in [1.165, 1.54) is 0 Å². The van der Waals surface area contributed by atoms with Crippen molar-refractivity contribution in [3.8, 4) is 0 Å². The fraction of sp³-hybridized carbons (Fsp3) is 0.500. The molecule has 102 valence electrons. The second-order valence-electron chi connectivity index (χ2n) is 5.82. The van der Waals surface area contributed by atoms with Gasteiger partial charge in [-0.25, -0.2) is 0 Å². The summed E-state index contributed by atoms with van der Waals surface area (Å²) in [6, 6.07) is 3.97. The van der Waals surface area contributed by atoms with Crippen molar-refractivity contribution < 1.29 is 4.79 Å². The lowest BCUT2D eigenvalue weighted by molar-refractivity contribution is -0.115. The maximum absolute atomic E-state index is 11.4. The van der Waals surface area contributed by atoms with Gasteiger partial charge in [-0.2, -0.15) is 11.8 Å². The first-order valence-electron chi connectivity index (χ1n) is 6.56. The van der Waals surface area contributed by atoms with Crippen molar-refractivity contribution in [2.45, 2.75) is 25.0 Å². The number of nitrogens with zero attached hydrogens (tertiary/aromatic N) is 1. The number of fused-ring (bicyclic) bond motifs is 1.